The number of hydrogen-bond acceptors (Lipinski definition) is 4. The maximum absolute atomic E-state index is 11.1. The molecule has 0 amide bonds. The Morgan fingerprint density at radius 1 is 1.44 bits per heavy atom. The van der Waals surface area contributed by atoms with Crippen LogP contribution in [0.1, 0.15) is 45.4 Å². The van der Waals surface area contributed by atoms with Crippen LogP contribution in [0.15, 0.2) is 0 Å². The fourth-order valence-corrected chi connectivity index (χ4v) is 2.74. The SMILES string of the molecule is CC[P+](=O)OC(O)[C@@H](N)CC1CCCCC1. The summed E-state index contributed by atoms with van der Waals surface area (Å²) < 4.78 is 16.1. The highest BCUT2D eigenvalue weighted by atomic mass is 31.1. The summed E-state index contributed by atoms with van der Waals surface area (Å²) in [5, 5.41) is 9.62. The lowest BCUT2D eigenvalue weighted by Gasteiger charge is -2.25. The Kier molecular flexibility index (Phi) is 6.44. The highest BCUT2D eigenvalue weighted by Crippen LogP contribution is 2.29. The fourth-order valence-electron chi connectivity index (χ4n) is 2.20. The second-order valence-corrected chi connectivity index (χ2v) is 6.06. The molecule has 1 aliphatic carbocycles. The van der Waals surface area contributed by atoms with E-state index >= 15 is 0 Å². The average Bonchev–Trinajstić information content (AvgIpc) is 2.30. The lowest BCUT2D eigenvalue weighted by Crippen LogP contribution is -2.37. The molecule has 1 rings (SSSR count). The molecule has 1 aliphatic rings. The van der Waals surface area contributed by atoms with Gasteiger partial charge in [-0.15, -0.1) is 4.52 Å². The van der Waals surface area contributed by atoms with Gasteiger partial charge in [-0.05, 0) is 23.8 Å². The standard InChI is InChI=1S/C11H23NO3P/c1-2-16(14)15-11(13)10(12)8-9-6-4-3-5-7-9/h9-11,13H,2-8,12H2,1H3/q+1/t10-,11?/m0/s1. The molecule has 2 unspecified atom stereocenters. The van der Waals surface area contributed by atoms with Crippen LogP contribution in [0.3, 0.4) is 0 Å². The molecule has 3 atom stereocenters. The van der Waals surface area contributed by atoms with Crippen molar-refractivity contribution < 1.29 is 14.2 Å². The van der Waals surface area contributed by atoms with E-state index in [9.17, 15) is 9.67 Å². The van der Waals surface area contributed by atoms with Crippen molar-refractivity contribution >= 4 is 8.03 Å². The number of aliphatic hydroxyl groups excluding tert-OH is 1. The molecule has 0 aromatic rings. The van der Waals surface area contributed by atoms with Gasteiger partial charge in [-0.2, -0.15) is 0 Å². The summed E-state index contributed by atoms with van der Waals surface area (Å²) >= 11 is 0. The van der Waals surface area contributed by atoms with E-state index in [1.165, 1.54) is 32.1 Å². The second-order valence-electron chi connectivity index (χ2n) is 4.55. The van der Waals surface area contributed by atoms with Gasteiger partial charge in [0, 0.05) is 0 Å². The Hall–Kier alpha value is -0.0200. The first-order valence-corrected chi connectivity index (χ1v) is 7.54. The third-order valence-corrected chi connectivity index (χ3v) is 4.15. The van der Waals surface area contributed by atoms with E-state index < -0.39 is 20.4 Å². The van der Waals surface area contributed by atoms with Gasteiger partial charge < -0.3 is 10.8 Å². The molecule has 3 N–H and O–H groups in total. The number of rotatable bonds is 6. The van der Waals surface area contributed by atoms with Crippen molar-refractivity contribution in [2.75, 3.05) is 6.16 Å². The Labute approximate surface area is 98.4 Å². The Balaban J connectivity index is 2.26. The monoisotopic (exact) mass is 248 g/mol. The summed E-state index contributed by atoms with van der Waals surface area (Å²) in [4.78, 5) is 0. The van der Waals surface area contributed by atoms with Crippen LogP contribution in [0.2, 0.25) is 0 Å². The fraction of sp³-hybridized carbons (Fsp3) is 1.00. The first-order valence-electron chi connectivity index (χ1n) is 6.18. The Bertz CT molecular complexity index is 219. The van der Waals surface area contributed by atoms with Gasteiger partial charge in [-0.1, -0.05) is 32.1 Å². The number of nitrogens with two attached hydrogens (primary N) is 1. The van der Waals surface area contributed by atoms with Gasteiger partial charge in [0.25, 0.3) is 0 Å². The van der Waals surface area contributed by atoms with Crippen LogP contribution in [0.25, 0.3) is 0 Å². The normalized spacial score (nSPS) is 22.8. The van der Waals surface area contributed by atoms with Crippen LogP contribution in [0, 0.1) is 5.92 Å². The van der Waals surface area contributed by atoms with Crippen molar-refractivity contribution in [3.05, 3.63) is 0 Å². The zero-order valence-electron chi connectivity index (χ0n) is 9.97. The largest absolute Gasteiger partial charge is 0.510 e. The molecular weight excluding hydrogens is 225 g/mol. The predicted octanol–water partition coefficient (Wildman–Crippen LogP) is 2.38. The Morgan fingerprint density at radius 2 is 2.06 bits per heavy atom. The molecule has 4 nitrogen and oxygen atoms in total. The molecule has 0 saturated heterocycles. The van der Waals surface area contributed by atoms with Crippen molar-refractivity contribution in [2.45, 2.75) is 57.8 Å². The summed E-state index contributed by atoms with van der Waals surface area (Å²) in [5.41, 5.74) is 5.85. The van der Waals surface area contributed by atoms with E-state index in [2.05, 4.69) is 0 Å². The molecular formula is C11H23NO3P+. The summed E-state index contributed by atoms with van der Waals surface area (Å²) in [6.07, 6.45) is 6.34. The zero-order chi connectivity index (χ0) is 12.0. The maximum atomic E-state index is 11.1. The molecule has 1 saturated carbocycles. The minimum atomic E-state index is -1.75. The molecule has 0 heterocycles. The van der Waals surface area contributed by atoms with Crippen molar-refractivity contribution in [2.24, 2.45) is 11.7 Å². The van der Waals surface area contributed by atoms with Crippen LogP contribution in [-0.4, -0.2) is 23.6 Å². The van der Waals surface area contributed by atoms with Crippen LogP contribution < -0.4 is 5.73 Å². The topological polar surface area (TPSA) is 72.5 Å². The van der Waals surface area contributed by atoms with Crippen LogP contribution in [-0.2, 0) is 9.09 Å². The van der Waals surface area contributed by atoms with Crippen LogP contribution in [0.4, 0.5) is 0 Å². The average molecular weight is 248 g/mol. The highest BCUT2D eigenvalue weighted by molar-refractivity contribution is 7.39. The van der Waals surface area contributed by atoms with Crippen molar-refractivity contribution in [3.8, 4) is 0 Å². The second kappa shape index (κ2) is 7.33. The van der Waals surface area contributed by atoms with E-state index in [0.717, 1.165) is 6.42 Å². The molecule has 0 aromatic heterocycles. The number of hydrogen-bond donors (Lipinski definition) is 2. The van der Waals surface area contributed by atoms with Gasteiger partial charge in [-0.3, -0.25) is 0 Å². The molecule has 0 aromatic carbocycles. The molecule has 5 heteroatoms. The van der Waals surface area contributed by atoms with Gasteiger partial charge in [0.2, 0.25) is 6.29 Å². The molecule has 1 fully saturated rings. The lowest BCUT2D eigenvalue weighted by atomic mass is 9.85. The summed E-state index contributed by atoms with van der Waals surface area (Å²) in [6.45, 7) is 1.76. The lowest BCUT2D eigenvalue weighted by molar-refractivity contribution is -0.0366. The van der Waals surface area contributed by atoms with Crippen molar-refractivity contribution in [3.63, 3.8) is 0 Å². The summed E-state index contributed by atoms with van der Waals surface area (Å²) in [6, 6.07) is -0.409. The minimum absolute atomic E-state index is 0.409. The van der Waals surface area contributed by atoms with E-state index in [4.69, 9.17) is 10.3 Å². The summed E-state index contributed by atoms with van der Waals surface area (Å²) in [5.74, 6) is 0.599. The van der Waals surface area contributed by atoms with Crippen molar-refractivity contribution in [1.29, 1.82) is 0 Å². The summed E-state index contributed by atoms with van der Waals surface area (Å²) in [7, 11) is -1.75. The number of aliphatic hydroxyl groups is 1. The van der Waals surface area contributed by atoms with Gasteiger partial charge in [0.05, 0.1) is 6.04 Å². The highest BCUT2D eigenvalue weighted by Gasteiger charge is 2.28. The molecule has 16 heavy (non-hydrogen) atoms. The van der Waals surface area contributed by atoms with Gasteiger partial charge in [0.15, 0.2) is 6.16 Å². The third kappa shape index (κ3) is 4.88. The Morgan fingerprint density at radius 3 is 2.62 bits per heavy atom. The first kappa shape index (κ1) is 14.0. The van der Waals surface area contributed by atoms with E-state index in [0.29, 0.717) is 12.1 Å². The quantitative estimate of drug-likeness (QED) is 0.559. The molecule has 0 spiro atoms. The van der Waals surface area contributed by atoms with E-state index in [1.807, 2.05) is 0 Å². The maximum Gasteiger partial charge on any atom is 0.510 e. The predicted molar refractivity (Wildman–Crippen MR) is 64.4 cm³/mol. The van der Waals surface area contributed by atoms with Gasteiger partial charge in [0.1, 0.15) is 0 Å². The molecule has 94 valence electrons. The molecule has 0 bridgehead atoms. The van der Waals surface area contributed by atoms with Crippen molar-refractivity contribution in [1.82, 2.24) is 0 Å². The van der Waals surface area contributed by atoms with Gasteiger partial charge in [-0.25, -0.2) is 0 Å². The third-order valence-electron chi connectivity index (χ3n) is 3.18. The zero-order valence-corrected chi connectivity index (χ0v) is 10.9. The molecule has 0 aliphatic heterocycles. The van der Waals surface area contributed by atoms with E-state index in [1.54, 1.807) is 6.92 Å². The minimum Gasteiger partial charge on any atom is -0.363 e. The molecule has 0 radical (unpaired) electrons. The van der Waals surface area contributed by atoms with Crippen LogP contribution in [0.5, 0.6) is 0 Å². The first-order chi connectivity index (χ1) is 7.63. The van der Waals surface area contributed by atoms with Gasteiger partial charge >= 0.3 is 8.03 Å². The van der Waals surface area contributed by atoms with E-state index in [-0.39, 0.29) is 0 Å². The van der Waals surface area contributed by atoms with Crippen LogP contribution >= 0.6 is 8.03 Å². The smallest absolute Gasteiger partial charge is 0.363 e.